The summed E-state index contributed by atoms with van der Waals surface area (Å²) < 4.78 is 12.7. The average Bonchev–Trinajstić information content (AvgIpc) is 3.25. The lowest BCUT2D eigenvalue weighted by atomic mass is 10.1. The van der Waals surface area contributed by atoms with Crippen molar-refractivity contribution in [3.8, 4) is 17.6 Å². The number of nitriles is 1. The quantitative estimate of drug-likeness (QED) is 0.248. The van der Waals surface area contributed by atoms with E-state index >= 15 is 0 Å². The number of thiazole rings is 1. The van der Waals surface area contributed by atoms with E-state index < -0.39 is 5.91 Å². The Morgan fingerprint density at radius 2 is 1.88 bits per heavy atom. The van der Waals surface area contributed by atoms with Crippen molar-refractivity contribution in [3.05, 3.63) is 89.0 Å². The largest absolute Gasteiger partial charge is 0.490 e. The minimum atomic E-state index is -0.515. The molecule has 0 atom stereocenters. The number of hydrogen-bond donors (Lipinski definition) is 1. The maximum Gasteiger partial charge on any atom is 0.268 e. The Morgan fingerprint density at radius 1 is 1.09 bits per heavy atom. The summed E-state index contributed by atoms with van der Waals surface area (Å²) in [4.78, 5) is 17.1. The zero-order valence-electron chi connectivity index (χ0n) is 18.9. The van der Waals surface area contributed by atoms with Crippen LogP contribution < -0.4 is 14.8 Å². The van der Waals surface area contributed by atoms with Crippen molar-refractivity contribution >= 4 is 38.7 Å². The lowest BCUT2D eigenvalue weighted by Crippen LogP contribution is -2.13. The minimum absolute atomic E-state index is 0.0324. The molecule has 4 aromatic rings. The van der Waals surface area contributed by atoms with Crippen LogP contribution in [0.2, 0.25) is 0 Å². The molecule has 4 rings (SSSR count). The molecule has 0 aliphatic rings. The number of carbonyl (C=O) groups excluding carboxylic acids is 1. The van der Waals surface area contributed by atoms with Gasteiger partial charge in [0.2, 0.25) is 0 Å². The summed E-state index contributed by atoms with van der Waals surface area (Å²) in [6.45, 7) is 4.79. The second-order valence-corrected chi connectivity index (χ2v) is 8.55. The van der Waals surface area contributed by atoms with Crippen molar-refractivity contribution in [3.63, 3.8) is 0 Å². The maximum absolute atomic E-state index is 12.7. The number of ether oxygens (including phenoxy) is 2. The van der Waals surface area contributed by atoms with Crippen LogP contribution in [0.4, 0.5) is 5.13 Å². The van der Waals surface area contributed by atoms with E-state index in [1.807, 2.05) is 68.4 Å². The molecule has 7 heteroatoms. The normalized spacial score (nSPS) is 11.1. The molecule has 0 saturated heterocycles. The number of para-hydroxylation sites is 1. The molecule has 3 aromatic carbocycles. The standard InChI is InChI=1S/C27H23N3O3S/c1-3-32-24-15-20(12-13-23(24)33-17-19-10-8-18(2)9-11-19)14-21(16-28)26(31)30-27-29-22-6-4-5-7-25(22)34-27/h4-15H,3,17H2,1-2H3,(H,29,30,31)/b21-14+. The van der Waals surface area contributed by atoms with Crippen molar-refractivity contribution in [2.45, 2.75) is 20.5 Å². The topological polar surface area (TPSA) is 84.2 Å². The van der Waals surface area contributed by atoms with Gasteiger partial charge in [0.25, 0.3) is 5.91 Å². The van der Waals surface area contributed by atoms with Crippen LogP contribution in [0.15, 0.2) is 72.3 Å². The first-order valence-corrected chi connectivity index (χ1v) is 11.6. The third-order valence-electron chi connectivity index (χ3n) is 4.97. The highest BCUT2D eigenvalue weighted by Gasteiger charge is 2.14. The van der Waals surface area contributed by atoms with Crippen LogP contribution in [0, 0.1) is 18.3 Å². The lowest BCUT2D eigenvalue weighted by Gasteiger charge is -2.13. The number of fused-ring (bicyclic) bond motifs is 1. The van der Waals surface area contributed by atoms with Gasteiger partial charge in [-0.25, -0.2) is 4.98 Å². The molecular weight excluding hydrogens is 446 g/mol. The Balaban J connectivity index is 1.51. The molecule has 0 spiro atoms. The second kappa shape index (κ2) is 10.6. The Labute approximate surface area is 202 Å². The average molecular weight is 470 g/mol. The summed E-state index contributed by atoms with van der Waals surface area (Å²) in [6.07, 6.45) is 1.52. The summed E-state index contributed by atoms with van der Waals surface area (Å²) in [6, 6.07) is 23.0. The zero-order valence-corrected chi connectivity index (χ0v) is 19.7. The second-order valence-electron chi connectivity index (χ2n) is 7.52. The number of anilines is 1. The number of amides is 1. The summed E-state index contributed by atoms with van der Waals surface area (Å²) >= 11 is 1.36. The Kier molecular flexibility index (Phi) is 7.21. The van der Waals surface area contributed by atoms with Crippen LogP contribution in [-0.4, -0.2) is 17.5 Å². The van der Waals surface area contributed by atoms with Crippen molar-refractivity contribution < 1.29 is 14.3 Å². The highest BCUT2D eigenvalue weighted by atomic mass is 32.1. The Hall–Kier alpha value is -4.15. The van der Waals surface area contributed by atoms with Gasteiger partial charge >= 0.3 is 0 Å². The van der Waals surface area contributed by atoms with Crippen LogP contribution in [0.5, 0.6) is 11.5 Å². The van der Waals surface area contributed by atoms with E-state index in [1.165, 1.54) is 23.0 Å². The van der Waals surface area contributed by atoms with Crippen molar-refractivity contribution in [2.75, 3.05) is 11.9 Å². The number of aromatic nitrogens is 1. The third-order valence-corrected chi connectivity index (χ3v) is 5.92. The van der Waals surface area contributed by atoms with E-state index in [2.05, 4.69) is 10.3 Å². The zero-order chi connectivity index (χ0) is 23.9. The summed E-state index contributed by atoms with van der Waals surface area (Å²) in [7, 11) is 0. The first-order valence-electron chi connectivity index (χ1n) is 10.8. The van der Waals surface area contributed by atoms with Gasteiger partial charge in [-0.2, -0.15) is 5.26 Å². The van der Waals surface area contributed by atoms with Crippen LogP contribution in [-0.2, 0) is 11.4 Å². The van der Waals surface area contributed by atoms with E-state index in [1.54, 1.807) is 18.2 Å². The van der Waals surface area contributed by atoms with Gasteiger partial charge < -0.3 is 9.47 Å². The van der Waals surface area contributed by atoms with Crippen LogP contribution >= 0.6 is 11.3 Å². The maximum atomic E-state index is 12.7. The van der Waals surface area contributed by atoms with Gasteiger partial charge in [0, 0.05) is 0 Å². The number of nitrogens with zero attached hydrogens (tertiary/aromatic N) is 2. The van der Waals surface area contributed by atoms with Crippen molar-refractivity contribution in [1.82, 2.24) is 4.98 Å². The fourth-order valence-corrected chi connectivity index (χ4v) is 4.11. The smallest absolute Gasteiger partial charge is 0.268 e. The SMILES string of the molecule is CCOc1cc(/C=C(\C#N)C(=O)Nc2nc3ccccc3s2)ccc1OCc1ccc(C)cc1. The summed E-state index contributed by atoms with van der Waals surface area (Å²) in [5.74, 6) is 0.628. The summed E-state index contributed by atoms with van der Waals surface area (Å²) in [5.41, 5.74) is 3.66. The van der Waals surface area contributed by atoms with E-state index in [-0.39, 0.29) is 5.57 Å². The van der Waals surface area contributed by atoms with Gasteiger partial charge in [-0.15, -0.1) is 0 Å². The number of nitrogens with one attached hydrogen (secondary N) is 1. The number of aryl methyl sites for hydroxylation is 1. The molecule has 0 radical (unpaired) electrons. The highest BCUT2D eigenvalue weighted by molar-refractivity contribution is 7.22. The number of hydrogen-bond acceptors (Lipinski definition) is 6. The van der Waals surface area contributed by atoms with E-state index in [0.717, 1.165) is 15.8 Å². The van der Waals surface area contributed by atoms with E-state index in [4.69, 9.17) is 9.47 Å². The number of rotatable bonds is 8. The van der Waals surface area contributed by atoms with Gasteiger partial charge in [0.1, 0.15) is 18.2 Å². The predicted molar refractivity (Wildman–Crippen MR) is 135 cm³/mol. The molecule has 0 aliphatic heterocycles. The molecule has 0 fully saturated rings. The molecule has 0 saturated carbocycles. The van der Waals surface area contributed by atoms with Gasteiger partial charge in [-0.1, -0.05) is 59.4 Å². The predicted octanol–water partition coefficient (Wildman–Crippen LogP) is 6.13. The van der Waals surface area contributed by atoms with Gasteiger partial charge in [0.05, 0.1) is 16.8 Å². The lowest BCUT2D eigenvalue weighted by molar-refractivity contribution is -0.112. The van der Waals surface area contributed by atoms with Gasteiger partial charge in [-0.3, -0.25) is 10.1 Å². The van der Waals surface area contributed by atoms with Crippen LogP contribution in [0.3, 0.4) is 0 Å². The minimum Gasteiger partial charge on any atom is -0.490 e. The number of carbonyl (C=O) groups is 1. The van der Waals surface area contributed by atoms with Gasteiger partial charge in [-0.05, 0) is 55.3 Å². The van der Waals surface area contributed by atoms with E-state index in [0.29, 0.717) is 35.4 Å². The highest BCUT2D eigenvalue weighted by Crippen LogP contribution is 2.30. The Morgan fingerprint density at radius 3 is 2.62 bits per heavy atom. The molecule has 1 heterocycles. The third kappa shape index (κ3) is 5.61. The fraction of sp³-hybridized carbons (Fsp3) is 0.148. The van der Waals surface area contributed by atoms with Crippen LogP contribution in [0.1, 0.15) is 23.6 Å². The first-order chi connectivity index (χ1) is 16.6. The van der Waals surface area contributed by atoms with E-state index in [9.17, 15) is 10.1 Å². The summed E-state index contributed by atoms with van der Waals surface area (Å²) in [5, 5.41) is 12.7. The molecule has 0 bridgehead atoms. The molecule has 1 amide bonds. The molecule has 1 N–H and O–H groups in total. The molecule has 0 aliphatic carbocycles. The Bertz CT molecular complexity index is 1350. The monoisotopic (exact) mass is 469 g/mol. The molecule has 0 unspecified atom stereocenters. The number of benzene rings is 3. The van der Waals surface area contributed by atoms with Crippen LogP contribution in [0.25, 0.3) is 16.3 Å². The van der Waals surface area contributed by atoms with Gasteiger partial charge in [0.15, 0.2) is 16.6 Å². The molecular formula is C27H23N3O3S. The van der Waals surface area contributed by atoms with Crippen molar-refractivity contribution in [1.29, 1.82) is 5.26 Å². The molecule has 34 heavy (non-hydrogen) atoms. The molecule has 6 nitrogen and oxygen atoms in total. The molecule has 1 aromatic heterocycles. The van der Waals surface area contributed by atoms with Crippen molar-refractivity contribution in [2.24, 2.45) is 0 Å². The fourth-order valence-electron chi connectivity index (χ4n) is 3.25. The molecule has 170 valence electrons. The first kappa shape index (κ1) is 23.0.